The van der Waals surface area contributed by atoms with Crippen LogP contribution in [0, 0.1) is 0 Å². The van der Waals surface area contributed by atoms with E-state index in [1.165, 1.54) is 0 Å². The number of nitrogens with one attached hydrogen (secondary N) is 2. The average molecular weight is 347 g/mol. The summed E-state index contributed by atoms with van der Waals surface area (Å²) in [5.74, 6) is 0. The van der Waals surface area contributed by atoms with Gasteiger partial charge in [-0.3, -0.25) is 4.79 Å². The Labute approximate surface area is 152 Å². The topological polar surface area (TPSA) is 41.1 Å². The number of thiol groups is 1. The molecule has 0 bridgehead atoms. The molecule has 3 nitrogen and oxygen atoms in total. The summed E-state index contributed by atoms with van der Waals surface area (Å²) in [7, 11) is 1.83. The molecule has 0 aliphatic heterocycles. The standard InChI is InChI=1S/C17H20N2O.C2H6.CH4S/c1-4-8-15(9-5-2)19-12-14(13-20)16-10-6-7-11-17(16)18-3;2*1-2/h4-13,18-19H,1H2,2-3H3;1-2H3;2H,1H3/b9-5-,14-12+,15-8+;;. The zero-order valence-corrected chi connectivity index (χ0v) is 16.2. The van der Waals surface area contributed by atoms with Gasteiger partial charge in [0.25, 0.3) is 0 Å². The summed E-state index contributed by atoms with van der Waals surface area (Å²) in [6.07, 6.45) is 11.6. The number of aldehydes is 1. The van der Waals surface area contributed by atoms with Crippen molar-refractivity contribution in [2.24, 2.45) is 0 Å². The summed E-state index contributed by atoms with van der Waals surface area (Å²) in [6, 6.07) is 7.66. The molecule has 0 amide bonds. The molecule has 24 heavy (non-hydrogen) atoms. The fourth-order valence-electron chi connectivity index (χ4n) is 1.75. The molecule has 0 fully saturated rings. The number of anilines is 1. The van der Waals surface area contributed by atoms with Crippen molar-refractivity contribution in [2.75, 3.05) is 18.6 Å². The van der Waals surface area contributed by atoms with Gasteiger partial charge in [-0.25, -0.2) is 0 Å². The third-order valence-corrected chi connectivity index (χ3v) is 2.67. The maximum Gasteiger partial charge on any atom is 0.152 e. The van der Waals surface area contributed by atoms with Crippen LogP contribution in [0.1, 0.15) is 26.3 Å². The number of para-hydroxylation sites is 1. The van der Waals surface area contributed by atoms with Gasteiger partial charge in [0.05, 0.1) is 0 Å². The quantitative estimate of drug-likeness (QED) is 0.279. The van der Waals surface area contributed by atoms with Gasteiger partial charge in [-0.15, -0.1) is 0 Å². The molecule has 1 aromatic carbocycles. The molecule has 0 unspecified atom stereocenters. The van der Waals surface area contributed by atoms with Gasteiger partial charge < -0.3 is 10.6 Å². The van der Waals surface area contributed by atoms with Crippen molar-refractivity contribution < 1.29 is 4.79 Å². The smallest absolute Gasteiger partial charge is 0.152 e. The molecular formula is C20H30N2OS. The van der Waals surface area contributed by atoms with E-state index in [9.17, 15) is 4.79 Å². The summed E-state index contributed by atoms with van der Waals surface area (Å²) in [4.78, 5) is 11.3. The highest BCUT2D eigenvalue weighted by molar-refractivity contribution is 7.79. The highest BCUT2D eigenvalue weighted by Crippen LogP contribution is 2.21. The molecule has 0 aromatic heterocycles. The third-order valence-electron chi connectivity index (χ3n) is 2.67. The van der Waals surface area contributed by atoms with Gasteiger partial charge in [0, 0.05) is 35.8 Å². The first-order valence-electron chi connectivity index (χ1n) is 7.86. The Morgan fingerprint density at radius 2 is 1.83 bits per heavy atom. The minimum Gasteiger partial charge on any atom is -0.388 e. The Balaban J connectivity index is 0. The molecule has 0 saturated carbocycles. The van der Waals surface area contributed by atoms with Crippen LogP contribution < -0.4 is 10.6 Å². The molecule has 0 heterocycles. The van der Waals surface area contributed by atoms with E-state index >= 15 is 0 Å². The van der Waals surface area contributed by atoms with E-state index in [1.807, 2.05) is 70.3 Å². The van der Waals surface area contributed by atoms with Crippen LogP contribution in [0.25, 0.3) is 5.57 Å². The van der Waals surface area contributed by atoms with E-state index in [0.29, 0.717) is 5.57 Å². The van der Waals surface area contributed by atoms with Crippen molar-refractivity contribution in [2.45, 2.75) is 20.8 Å². The van der Waals surface area contributed by atoms with Crippen LogP contribution in [0.4, 0.5) is 5.69 Å². The molecule has 0 aliphatic rings. The molecule has 2 N–H and O–H groups in total. The Hall–Kier alpha value is -2.20. The molecule has 1 rings (SSSR count). The molecule has 1 aromatic rings. The molecule has 132 valence electrons. The maximum atomic E-state index is 11.3. The van der Waals surface area contributed by atoms with Crippen molar-refractivity contribution >= 4 is 30.2 Å². The van der Waals surface area contributed by atoms with E-state index < -0.39 is 0 Å². The van der Waals surface area contributed by atoms with Gasteiger partial charge in [0.15, 0.2) is 6.29 Å². The Kier molecular flexibility index (Phi) is 17.2. The van der Waals surface area contributed by atoms with Crippen molar-refractivity contribution in [3.63, 3.8) is 0 Å². The van der Waals surface area contributed by atoms with Gasteiger partial charge in [0.2, 0.25) is 0 Å². The van der Waals surface area contributed by atoms with Gasteiger partial charge >= 0.3 is 0 Å². The maximum absolute atomic E-state index is 11.3. The highest BCUT2D eigenvalue weighted by Gasteiger charge is 2.05. The third kappa shape index (κ3) is 9.06. The van der Waals surface area contributed by atoms with Crippen LogP contribution in [0.5, 0.6) is 0 Å². The summed E-state index contributed by atoms with van der Waals surface area (Å²) >= 11 is 3.53. The van der Waals surface area contributed by atoms with Gasteiger partial charge in [0.1, 0.15) is 0 Å². The minimum atomic E-state index is 0.578. The van der Waals surface area contributed by atoms with Gasteiger partial charge in [-0.1, -0.05) is 50.8 Å². The average Bonchev–Trinajstić information content (AvgIpc) is 2.66. The Morgan fingerprint density at radius 3 is 2.33 bits per heavy atom. The predicted molar refractivity (Wildman–Crippen MR) is 113 cm³/mol. The summed E-state index contributed by atoms with van der Waals surface area (Å²) in [6.45, 7) is 9.59. The number of carbonyl (C=O) groups excluding carboxylic acids is 1. The molecule has 0 atom stereocenters. The van der Waals surface area contributed by atoms with E-state index in [2.05, 4.69) is 29.8 Å². The summed E-state index contributed by atoms with van der Waals surface area (Å²) in [5.41, 5.74) is 3.21. The van der Waals surface area contributed by atoms with E-state index in [-0.39, 0.29) is 0 Å². The molecule has 0 aliphatic carbocycles. The molecule has 0 saturated heterocycles. The van der Waals surface area contributed by atoms with E-state index in [0.717, 1.165) is 23.2 Å². The van der Waals surface area contributed by atoms with Gasteiger partial charge in [-0.2, -0.15) is 12.6 Å². The fraction of sp³-hybridized carbons (Fsp3) is 0.250. The number of rotatable bonds is 7. The Morgan fingerprint density at radius 1 is 1.21 bits per heavy atom. The van der Waals surface area contributed by atoms with Crippen molar-refractivity contribution in [3.8, 4) is 0 Å². The van der Waals surface area contributed by atoms with Crippen LogP contribution in [0.2, 0.25) is 0 Å². The summed E-state index contributed by atoms with van der Waals surface area (Å²) < 4.78 is 0. The second kappa shape index (κ2) is 17.2. The zero-order valence-electron chi connectivity index (χ0n) is 15.3. The lowest BCUT2D eigenvalue weighted by atomic mass is 10.1. The largest absolute Gasteiger partial charge is 0.388 e. The molecular weight excluding hydrogens is 316 g/mol. The van der Waals surface area contributed by atoms with Crippen molar-refractivity contribution in [3.05, 3.63) is 72.6 Å². The molecule has 0 spiro atoms. The first-order chi connectivity index (χ1) is 11.8. The van der Waals surface area contributed by atoms with Crippen molar-refractivity contribution in [1.82, 2.24) is 5.32 Å². The number of carbonyl (C=O) groups is 1. The Bertz CT molecular complexity index is 561. The first-order valence-corrected chi connectivity index (χ1v) is 8.75. The van der Waals surface area contributed by atoms with Crippen LogP contribution in [-0.4, -0.2) is 19.6 Å². The zero-order chi connectivity index (χ0) is 18.8. The lowest BCUT2D eigenvalue weighted by Gasteiger charge is -2.09. The molecule has 0 radical (unpaired) electrons. The number of allylic oxidation sites excluding steroid dienone is 5. The number of hydrogen-bond acceptors (Lipinski definition) is 4. The van der Waals surface area contributed by atoms with Crippen molar-refractivity contribution in [1.29, 1.82) is 0 Å². The second-order valence-corrected chi connectivity index (χ2v) is 4.02. The number of hydrogen-bond donors (Lipinski definition) is 3. The van der Waals surface area contributed by atoms with E-state index in [1.54, 1.807) is 18.5 Å². The van der Waals surface area contributed by atoms with Crippen LogP contribution in [0.3, 0.4) is 0 Å². The summed E-state index contributed by atoms with van der Waals surface area (Å²) in [5, 5.41) is 6.18. The molecule has 4 heteroatoms. The van der Waals surface area contributed by atoms with E-state index in [4.69, 9.17) is 0 Å². The lowest BCUT2D eigenvalue weighted by molar-refractivity contribution is -0.103. The first kappa shape index (κ1) is 24.1. The second-order valence-electron chi connectivity index (χ2n) is 4.02. The predicted octanol–water partition coefficient (Wildman–Crippen LogP) is 5.08. The van der Waals surface area contributed by atoms with Crippen LogP contribution >= 0.6 is 12.6 Å². The van der Waals surface area contributed by atoms with Crippen LogP contribution in [-0.2, 0) is 4.79 Å². The minimum absolute atomic E-state index is 0.578. The normalized spacial score (nSPS) is 10.8. The number of benzene rings is 1. The monoisotopic (exact) mass is 346 g/mol. The SMILES string of the molecule is C=C/C=C(\C=C/C)N/C=C(\C=O)c1ccccc1NC.CC.CS. The van der Waals surface area contributed by atoms with Gasteiger partial charge in [-0.05, 0) is 31.4 Å². The van der Waals surface area contributed by atoms with Crippen LogP contribution in [0.15, 0.2) is 67.0 Å². The lowest BCUT2D eigenvalue weighted by Crippen LogP contribution is -2.05. The fourth-order valence-corrected chi connectivity index (χ4v) is 1.75. The highest BCUT2D eigenvalue weighted by atomic mass is 32.1.